The smallest absolute Gasteiger partial charge is 0.307 e. The normalized spacial score (nSPS) is 35.8. The molecule has 4 atom stereocenters. The first kappa shape index (κ1) is 13.1. The lowest BCUT2D eigenvalue weighted by Crippen LogP contribution is -2.40. The predicted octanol–water partition coefficient (Wildman–Crippen LogP) is 1.77. The summed E-state index contributed by atoms with van der Waals surface area (Å²) in [5.74, 6) is -0.715. The number of aliphatic carboxylic acids is 1. The van der Waals surface area contributed by atoms with E-state index in [1.807, 2.05) is 17.1 Å². The number of hydrogen-bond acceptors (Lipinski definition) is 2. The summed E-state index contributed by atoms with van der Waals surface area (Å²) in [7, 11) is 0. The molecule has 0 spiro atoms. The Labute approximate surface area is 108 Å². The average Bonchev–Trinajstić information content (AvgIpc) is 2.68. The van der Waals surface area contributed by atoms with Gasteiger partial charge in [-0.1, -0.05) is 26.0 Å². The maximum Gasteiger partial charge on any atom is 0.307 e. The first-order valence-electron chi connectivity index (χ1n) is 6.67. The summed E-state index contributed by atoms with van der Waals surface area (Å²) in [4.78, 5) is 25.5. The monoisotopic (exact) mass is 251 g/mol. The summed E-state index contributed by atoms with van der Waals surface area (Å²) in [6.07, 6.45) is 4.85. The van der Waals surface area contributed by atoms with E-state index in [0.29, 0.717) is 24.7 Å². The molecule has 0 aromatic rings. The molecule has 100 valence electrons. The third-order valence-corrected chi connectivity index (χ3v) is 4.37. The van der Waals surface area contributed by atoms with E-state index in [-0.39, 0.29) is 11.8 Å². The number of likely N-dealkylation sites (tertiary alicyclic amines) is 1. The van der Waals surface area contributed by atoms with E-state index < -0.39 is 11.9 Å². The standard InChI is InChI=1S/C14H21NO3/c1-9-7-15(8-10(9)2)13(16)11-5-3-4-6-12(11)14(17)18/h3-4,9-12H,5-8H2,1-2H3,(H,17,18)/t9?,10?,11-,12+/m1/s1. The van der Waals surface area contributed by atoms with Gasteiger partial charge < -0.3 is 10.0 Å². The SMILES string of the molecule is CC1CN(C(=O)[C@@H]2CC=CC[C@@H]2C(=O)O)CC1C. The zero-order valence-corrected chi connectivity index (χ0v) is 11.0. The van der Waals surface area contributed by atoms with Crippen molar-refractivity contribution in [3.8, 4) is 0 Å². The largest absolute Gasteiger partial charge is 0.481 e. The molecule has 1 saturated heterocycles. The van der Waals surface area contributed by atoms with Gasteiger partial charge in [0, 0.05) is 13.1 Å². The zero-order chi connectivity index (χ0) is 13.3. The van der Waals surface area contributed by atoms with Crippen LogP contribution in [-0.4, -0.2) is 35.0 Å². The van der Waals surface area contributed by atoms with E-state index in [1.165, 1.54) is 0 Å². The van der Waals surface area contributed by atoms with Crippen LogP contribution in [0.1, 0.15) is 26.7 Å². The van der Waals surface area contributed by atoms with Gasteiger partial charge in [0.2, 0.25) is 5.91 Å². The third-order valence-electron chi connectivity index (χ3n) is 4.37. The van der Waals surface area contributed by atoms with Crippen LogP contribution in [0.25, 0.3) is 0 Å². The predicted molar refractivity (Wildman–Crippen MR) is 67.9 cm³/mol. The Morgan fingerprint density at radius 2 is 1.56 bits per heavy atom. The highest BCUT2D eigenvalue weighted by Gasteiger charge is 2.39. The number of amides is 1. The van der Waals surface area contributed by atoms with E-state index in [2.05, 4.69) is 13.8 Å². The van der Waals surface area contributed by atoms with Crippen molar-refractivity contribution in [2.75, 3.05) is 13.1 Å². The average molecular weight is 251 g/mol. The van der Waals surface area contributed by atoms with Crippen molar-refractivity contribution in [3.63, 3.8) is 0 Å². The van der Waals surface area contributed by atoms with Gasteiger partial charge >= 0.3 is 5.97 Å². The molecule has 1 fully saturated rings. The third kappa shape index (κ3) is 2.42. The minimum atomic E-state index is -0.849. The Kier molecular flexibility index (Phi) is 3.73. The molecular weight excluding hydrogens is 230 g/mol. The highest BCUT2D eigenvalue weighted by molar-refractivity contribution is 5.85. The molecule has 2 rings (SSSR count). The summed E-state index contributed by atoms with van der Waals surface area (Å²) in [6, 6.07) is 0. The quantitative estimate of drug-likeness (QED) is 0.761. The lowest BCUT2D eigenvalue weighted by molar-refractivity contribution is -0.150. The number of carbonyl (C=O) groups is 2. The number of hydrogen-bond donors (Lipinski definition) is 1. The molecule has 1 heterocycles. The van der Waals surface area contributed by atoms with Crippen LogP contribution < -0.4 is 0 Å². The second-order valence-corrected chi connectivity index (χ2v) is 5.69. The molecule has 0 aromatic carbocycles. The van der Waals surface area contributed by atoms with Gasteiger partial charge in [-0.2, -0.15) is 0 Å². The fourth-order valence-corrected chi connectivity index (χ4v) is 2.90. The van der Waals surface area contributed by atoms with Gasteiger partial charge in [0.1, 0.15) is 0 Å². The number of carboxylic acid groups (broad SMARTS) is 1. The Bertz CT molecular complexity index is 367. The van der Waals surface area contributed by atoms with Gasteiger partial charge in [-0.3, -0.25) is 9.59 Å². The Morgan fingerprint density at radius 3 is 2.06 bits per heavy atom. The molecule has 1 aliphatic carbocycles. The second-order valence-electron chi connectivity index (χ2n) is 5.69. The van der Waals surface area contributed by atoms with Gasteiger partial charge in [-0.15, -0.1) is 0 Å². The molecule has 4 nitrogen and oxygen atoms in total. The van der Waals surface area contributed by atoms with E-state index in [4.69, 9.17) is 0 Å². The van der Waals surface area contributed by atoms with E-state index in [0.717, 1.165) is 13.1 Å². The van der Waals surface area contributed by atoms with Gasteiger partial charge in [-0.05, 0) is 24.7 Å². The molecule has 18 heavy (non-hydrogen) atoms. The summed E-state index contributed by atoms with van der Waals surface area (Å²) >= 11 is 0. The van der Waals surface area contributed by atoms with E-state index in [9.17, 15) is 14.7 Å². The first-order valence-corrected chi connectivity index (χ1v) is 6.67. The second kappa shape index (κ2) is 5.12. The number of allylic oxidation sites excluding steroid dienone is 2. The molecule has 4 heteroatoms. The van der Waals surface area contributed by atoms with Gasteiger partial charge in [-0.25, -0.2) is 0 Å². The summed E-state index contributed by atoms with van der Waals surface area (Å²) in [5, 5.41) is 9.20. The van der Waals surface area contributed by atoms with Crippen molar-refractivity contribution >= 4 is 11.9 Å². The van der Waals surface area contributed by atoms with E-state index >= 15 is 0 Å². The molecule has 2 unspecified atom stereocenters. The number of rotatable bonds is 2. The number of carboxylic acids is 1. The van der Waals surface area contributed by atoms with Crippen LogP contribution in [-0.2, 0) is 9.59 Å². The van der Waals surface area contributed by atoms with Crippen LogP contribution in [0.2, 0.25) is 0 Å². The maximum absolute atomic E-state index is 12.4. The molecule has 0 aromatic heterocycles. The van der Waals surface area contributed by atoms with Crippen LogP contribution in [0.15, 0.2) is 12.2 Å². The molecule has 1 amide bonds. The zero-order valence-electron chi connectivity index (χ0n) is 11.0. The van der Waals surface area contributed by atoms with Crippen LogP contribution in [0.4, 0.5) is 0 Å². The molecule has 1 aliphatic heterocycles. The van der Waals surface area contributed by atoms with Crippen molar-refractivity contribution in [3.05, 3.63) is 12.2 Å². The lowest BCUT2D eigenvalue weighted by Gasteiger charge is -2.28. The first-order chi connectivity index (χ1) is 8.50. The van der Waals surface area contributed by atoms with Crippen molar-refractivity contribution < 1.29 is 14.7 Å². The summed E-state index contributed by atoms with van der Waals surface area (Å²) in [6.45, 7) is 5.83. The van der Waals surface area contributed by atoms with Gasteiger partial charge in [0.05, 0.1) is 11.8 Å². The fourth-order valence-electron chi connectivity index (χ4n) is 2.90. The minimum absolute atomic E-state index is 0.0305. The van der Waals surface area contributed by atoms with E-state index in [1.54, 1.807) is 0 Å². The maximum atomic E-state index is 12.4. The summed E-state index contributed by atoms with van der Waals surface area (Å²) < 4.78 is 0. The number of carbonyl (C=O) groups excluding carboxylic acids is 1. The fraction of sp³-hybridized carbons (Fsp3) is 0.714. The Balaban J connectivity index is 2.08. The Hall–Kier alpha value is -1.32. The highest BCUT2D eigenvalue weighted by Crippen LogP contribution is 2.31. The molecular formula is C14H21NO3. The molecule has 0 bridgehead atoms. The van der Waals surface area contributed by atoms with Crippen LogP contribution in [0.3, 0.4) is 0 Å². The van der Waals surface area contributed by atoms with Crippen molar-refractivity contribution in [2.24, 2.45) is 23.7 Å². The van der Waals surface area contributed by atoms with Gasteiger partial charge in [0.25, 0.3) is 0 Å². The van der Waals surface area contributed by atoms with Crippen LogP contribution in [0.5, 0.6) is 0 Å². The molecule has 2 aliphatic rings. The Morgan fingerprint density at radius 1 is 1.06 bits per heavy atom. The van der Waals surface area contributed by atoms with Crippen molar-refractivity contribution in [1.29, 1.82) is 0 Å². The number of nitrogens with zero attached hydrogens (tertiary/aromatic N) is 1. The summed E-state index contributed by atoms with van der Waals surface area (Å²) in [5.41, 5.74) is 0. The molecule has 1 N–H and O–H groups in total. The molecule has 0 saturated carbocycles. The molecule has 0 radical (unpaired) electrons. The van der Waals surface area contributed by atoms with Crippen molar-refractivity contribution in [1.82, 2.24) is 4.90 Å². The highest BCUT2D eigenvalue weighted by atomic mass is 16.4. The van der Waals surface area contributed by atoms with Crippen LogP contribution >= 0.6 is 0 Å². The van der Waals surface area contributed by atoms with Gasteiger partial charge in [0.15, 0.2) is 0 Å². The van der Waals surface area contributed by atoms with Crippen molar-refractivity contribution in [2.45, 2.75) is 26.7 Å². The van der Waals surface area contributed by atoms with Crippen LogP contribution in [0, 0.1) is 23.7 Å². The topological polar surface area (TPSA) is 57.6 Å². The lowest BCUT2D eigenvalue weighted by atomic mass is 9.82. The minimum Gasteiger partial charge on any atom is -0.481 e.